The summed E-state index contributed by atoms with van der Waals surface area (Å²) >= 11 is 0. The van der Waals surface area contributed by atoms with Crippen LogP contribution in [0.3, 0.4) is 0 Å². The normalized spacial score (nSPS) is 11.9. The second-order valence-corrected chi connectivity index (χ2v) is 16.7. The third kappa shape index (κ3) is 6.81. The van der Waals surface area contributed by atoms with Crippen molar-refractivity contribution in [2.24, 2.45) is 0 Å². The minimum atomic E-state index is -4.86. The van der Waals surface area contributed by atoms with Crippen molar-refractivity contribution < 1.29 is 22.0 Å². The molecule has 0 aliphatic heterocycles. The van der Waals surface area contributed by atoms with Gasteiger partial charge >= 0.3 is 6.18 Å². The van der Waals surface area contributed by atoms with Gasteiger partial charge in [-0.2, -0.15) is 13.2 Å². The molecule has 0 bridgehead atoms. The van der Waals surface area contributed by atoms with Crippen molar-refractivity contribution in [1.82, 2.24) is 19.1 Å². The minimum Gasteiger partial charge on any atom is -0.309 e. The molecule has 0 unspecified atom stereocenters. The SMILES string of the molecule is Fc1cccc(F)c1-c1c(-n2c3ccccc3c3cc(-c4cccc(-c5ccccc5)n4)ccc32)cc(C(F)(F)F)cc1-n1c2ccccc2c2cc(-c3cccc(-c4ccccc4)n3)ccc21. The third-order valence-electron chi connectivity index (χ3n) is 12.7. The van der Waals surface area contributed by atoms with Crippen LogP contribution in [0.25, 0.3) is 111 Å². The molecule has 0 saturated carbocycles. The molecule has 326 valence electrons. The van der Waals surface area contributed by atoms with Crippen LogP contribution in [0.4, 0.5) is 22.0 Å². The van der Waals surface area contributed by atoms with Gasteiger partial charge in [0.2, 0.25) is 0 Å². The standard InChI is InChI=1S/C59H35F5N4/c60-45-20-11-21-46(61)57(45)58-55(67-51-26-9-7-18-41(51)43-32-38(28-30-53(43)67)49-24-12-22-47(65-49)36-14-3-1-4-15-36)34-40(59(62,63)64)35-56(58)68-52-27-10-8-19-42(52)44-33-39(29-31-54(44)68)50-25-13-23-48(66-50)37-16-5-2-6-17-37/h1-35H. The van der Waals surface area contributed by atoms with Gasteiger partial charge in [0.1, 0.15) is 11.6 Å². The number of nitrogens with zero attached hydrogens (tertiary/aromatic N) is 4. The molecule has 0 saturated heterocycles. The number of rotatable bonds is 7. The Morgan fingerprint density at radius 2 is 0.706 bits per heavy atom. The molecule has 0 spiro atoms. The molecular formula is C59H35F5N4. The second-order valence-electron chi connectivity index (χ2n) is 16.7. The average molecular weight is 895 g/mol. The molecule has 12 rings (SSSR count). The van der Waals surface area contributed by atoms with Gasteiger partial charge in [-0.1, -0.05) is 127 Å². The van der Waals surface area contributed by atoms with Crippen LogP contribution in [0, 0.1) is 11.6 Å². The third-order valence-corrected chi connectivity index (χ3v) is 12.7. The lowest BCUT2D eigenvalue weighted by Gasteiger charge is -2.23. The summed E-state index contributed by atoms with van der Waals surface area (Å²) in [5.41, 5.74) is 7.03. The first-order valence-corrected chi connectivity index (χ1v) is 22.0. The van der Waals surface area contributed by atoms with E-state index < -0.39 is 28.9 Å². The maximum absolute atomic E-state index is 16.7. The van der Waals surface area contributed by atoms with Crippen molar-refractivity contribution >= 4 is 43.6 Å². The van der Waals surface area contributed by atoms with Gasteiger partial charge in [-0.3, -0.25) is 0 Å². The van der Waals surface area contributed by atoms with Crippen molar-refractivity contribution in [1.29, 1.82) is 0 Å². The van der Waals surface area contributed by atoms with Crippen LogP contribution in [-0.2, 0) is 6.18 Å². The van der Waals surface area contributed by atoms with Crippen LogP contribution in [-0.4, -0.2) is 19.1 Å². The molecule has 0 radical (unpaired) electrons. The highest BCUT2D eigenvalue weighted by Crippen LogP contribution is 2.47. The lowest BCUT2D eigenvalue weighted by Crippen LogP contribution is -2.12. The predicted octanol–water partition coefficient (Wildman–Crippen LogP) is 16.3. The first-order valence-electron chi connectivity index (χ1n) is 22.0. The lowest BCUT2D eigenvalue weighted by atomic mass is 9.96. The zero-order valence-corrected chi connectivity index (χ0v) is 35.9. The van der Waals surface area contributed by atoms with E-state index >= 15 is 22.0 Å². The highest BCUT2D eigenvalue weighted by Gasteiger charge is 2.35. The summed E-state index contributed by atoms with van der Waals surface area (Å²) in [5, 5.41) is 2.91. The number of aromatic nitrogens is 4. The van der Waals surface area contributed by atoms with Crippen molar-refractivity contribution in [2.45, 2.75) is 6.18 Å². The van der Waals surface area contributed by atoms with Crippen LogP contribution in [0.15, 0.2) is 212 Å². The molecule has 4 aromatic heterocycles. The average Bonchev–Trinajstić information content (AvgIpc) is 3.88. The van der Waals surface area contributed by atoms with E-state index in [4.69, 9.17) is 9.97 Å². The van der Waals surface area contributed by atoms with Gasteiger partial charge in [-0.05, 0) is 84.9 Å². The van der Waals surface area contributed by atoms with Gasteiger partial charge < -0.3 is 9.13 Å². The van der Waals surface area contributed by atoms with Gasteiger partial charge in [0.15, 0.2) is 0 Å². The Labute approximate surface area is 386 Å². The van der Waals surface area contributed by atoms with E-state index in [1.54, 1.807) is 21.3 Å². The first-order chi connectivity index (χ1) is 33.2. The highest BCUT2D eigenvalue weighted by molar-refractivity contribution is 6.13. The maximum Gasteiger partial charge on any atom is 0.416 e. The molecule has 12 aromatic rings. The molecule has 0 atom stereocenters. The van der Waals surface area contributed by atoms with E-state index in [1.165, 1.54) is 6.07 Å². The number of benzene rings is 8. The molecule has 4 nitrogen and oxygen atoms in total. The van der Waals surface area contributed by atoms with Crippen LogP contribution in [0.1, 0.15) is 5.56 Å². The molecule has 8 aromatic carbocycles. The van der Waals surface area contributed by atoms with E-state index in [1.807, 2.05) is 170 Å². The van der Waals surface area contributed by atoms with Crippen LogP contribution >= 0.6 is 0 Å². The smallest absolute Gasteiger partial charge is 0.309 e. The van der Waals surface area contributed by atoms with Gasteiger partial charge in [-0.25, -0.2) is 18.7 Å². The summed E-state index contributed by atoms with van der Waals surface area (Å²) in [6.45, 7) is 0. The van der Waals surface area contributed by atoms with E-state index in [2.05, 4.69) is 0 Å². The fourth-order valence-corrected chi connectivity index (χ4v) is 9.63. The fraction of sp³-hybridized carbons (Fsp3) is 0.0169. The van der Waals surface area contributed by atoms with Crippen molar-refractivity contribution in [3.63, 3.8) is 0 Å². The van der Waals surface area contributed by atoms with Gasteiger partial charge in [0.05, 0.1) is 67.3 Å². The topological polar surface area (TPSA) is 35.6 Å². The summed E-state index contributed by atoms with van der Waals surface area (Å²) in [7, 11) is 0. The molecule has 4 heterocycles. The molecule has 68 heavy (non-hydrogen) atoms. The monoisotopic (exact) mass is 894 g/mol. The molecule has 0 aliphatic carbocycles. The largest absolute Gasteiger partial charge is 0.416 e. The summed E-state index contributed by atoms with van der Waals surface area (Å²) in [5.74, 6) is -1.85. The van der Waals surface area contributed by atoms with E-state index in [9.17, 15) is 0 Å². The molecule has 0 amide bonds. The Balaban J connectivity index is 1.14. The molecular weight excluding hydrogens is 860 g/mol. The minimum absolute atomic E-state index is 0.0496. The Morgan fingerprint density at radius 1 is 0.324 bits per heavy atom. The van der Waals surface area contributed by atoms with E-state index in [0.717, 1.165) is 79.5 Å². The van der Waals surface area contributed by atoms with Crippen LogP contribution in [0.5, 0.6) is 0 Å². The van der Waals surface area contributed by atoms with Gasteiger partial charge in [-0.15, -0.1) is 0 Å². The molecule has 0 aliphatic rings. The van der Waals surface area contributed by atoms with Crippen molar-refractivity contribution in [3.05, 3.63) is 230 Å². The fourth-order valence-electron chi connectivity index (χ4n) is 9.63. The Kier molecular flexibility index (Phi) is 9.62. The zero-order valence-electron chi connectivity index (χ0n) is 35.9. The van der Waals surface area contributed by atoms with Crippen LogP contribution < -0.4 is 0 Å². The maximum atomic E-state index is 16.7. The van der Waals surface area contributed by atoms with E-state index in [-0.39, 0.29) is 16.9 Å². The summed E-state index contributed by atoms with van der Waals surface area (Å²) < 4.78 is 83.5. The highest BCUT2D eigenvalue weighted by atomic mass is 19.4. The molecule has 0 fully saturated rings. The first kappa shape index (κ1) is 40.8. The second kappa shape index (κ2) is 16.0. The number of hydrogen-bond acceptors (Lipinski definition) is 2. The van der Waals surface area contributed by atoms with Crippen molar-refractivity contribution in [3.8, 4) is 67.5 Å². The number of halogens is 5. The van der Waals surface area contributed by atoms with Crippen molar-refractivity contribution in [2.75, 3.05) is 0 Å². The van der Waals surface area contributed by atoms with Gasteiger partial charge in [0.25, 0.3) is 0 Å². The Hall–Kier alpha value is -8.69. The van der Waals surface area contributed by atoms with E-state index in [0.29, 0.717) is 33.5 Å². The quantitative estimate of drug-likeness (QED) is 0.149. The number of fused-ring (bicyclic) bond motifs is 6. The number of pyridine rings is 2. The number of hydrogen-bond donors (Lipinski definition) is 0. The van der Waals surface area contributed by atoms with Gasteiger partial charge in [0, 0.05) is 49.4 Å². The summed E-state index contributed by atoms with van der Waals surface area (Å²) in [4.78, 5) is 9.97. The Morgan fingerprint density at radius 3 is 1.15 bits per heavy atom. The summed E-state index contributed by atoms with van der Waals surface area (Å²) in [6, 6.07) is 62.9. The zero-order chi connectivity index (χ0) is 46.1. The Bertz CT molecular complexity index is 3690. The number of para-hydroxylation sites is 2. The number of alkyl halides is 3. The summed E-state index contributed by atoms with van der Waals surface area (Å²) in [6.07, 6.45) is -4.86. The molecule has 9 heteroatoms. The lowest BCUT2D eigenvalue weighted by molar-refractivity contribution is -0.137. The predicted molar refractivity (Wildman–Crippen MR) is 263 cm³/mol. The van der Waals surface area contributed by atoms with Crippen LogP contribution in [0.2, 0.25) is 0 Å². The molecule has 0 N–H and O–H groups in total.